The first-order chi connectivity index (χ1) is 10.6. The van der Waals surface area contributed by atoms with Crippen molar-refractivity contribution in [1.82, 2.24) is 14.5 Å². The standard InChI is InChI=1S/C15H12FN3O2S/c1-22-13-7-17-14-11(18-13)6-12(15(20)21)19(14)8-9-2-4-10(16)5-3-9/h2-7H,8H2,1H3,(H,20,21). The molecule has 0 atom stereocenters. The zero-order valence-corrected chi connectivity index (χ0v) is 12.5. The largest absolute Gasteiger partial charge is 0.477 e. The van der Waals surface area contributed by atoms with Crippen LogP contribution < -0.4 is 0 Å². The maximum Gasteiger partial charge on any atom is 0.352 e. The number of halogens is 1. The number of carbonyl (C=O) groups is 1. The molecule has 1 aromatic carbocycles. The van der Waals surface area contributed by atoms with Gasteiger partial charge in [0.05, 0.1) is 6.20 Å². The monoisotopic (exact) mass is 317 g/mol. The third-order valence-electron chi connectivity index (χ3n) is 3.26. The highest BCUT2D eigenvalue weighted by Crippen LogP contribution is 2.21. The van der Waals surface area contributed by atoms with E-state index < -0.39 is 5.97 Å². The first-order valence-corrected chi connectivity index (χ1v) is 7.69. The fourth-order valence-electron chi connectivity index (χ4n) is 2.21. The van der Waals surface area contributed by atoms with Crippen molar-refractivity contribution in [2.75, 3.05) is 6.26 Å². The third kappa shape index (κ3) is 2.67. The number of thioether (sulfide) groups is 1. The minimum atomic E-state index is -1.05. The van der Waals surface area contributed by atoms with E-state index >= 15 is 0 Å². The van der Waals surface area contributed by atoms with E-state index in [0.29, 0.717) is 17.7 Å². The molecule has 0 unspecified atom stereocenters. The smallest absolute Gasteiger partial charge is 0.352 e. The molecule has 1 N–H and O–H groups in total. The quantitative estimate of drug-likeness (QED) is 0.749. The molecule has 0 aliphatic carbocycles. The number of rotatable bonds is 4. The minimum absolute atomic E-state index is 0.109. The Morgan fingerprint density at radius 3 is 2.73 bits per heavy atom. The highest BCUT2D eigenvalue weighted by atomic mass is 32.2. The van der Waals surface area contributed by atoms with E-state index in [4.69, 9.17) is 0 Å². The number of nitrogens with zero attached hydrogens (tertiary/aromatic N) is 3. The van der Waals surface area contributed by atoms with E-state index in [-0.39, 0.29) is 11.5 Å². The van der Waals surface area contributed by atoms with Gasteiger partial charge in [0.1, 0.15) is 22.1 Å². The van der Waals surface area contributed by atoms with Crippen molar-refractivity contribution < 1.29 is 14.3 Å². The summed E-state index contributed by atoms with van der Waals surface area (Å²) in [5.74, 6) is -1.38. The second-order valence-electron chi connectivity index (χ2n) is 4.67. The molecule has 7 heteroatoms. The van der Waals surface area contributed by atoms with Crippen LogP contribution in [0.25, 0.3) is 11.2 Å². The van der Waals surface area contributed by atoms with Gasteiger partial charge < -0.3 is 9.67 Å². The average Bonchev–Trinajstić information content (AvgIpc) is 2.87. The van der Waals surface area contributed by atoms with Gasteiger partial charge in [0.15, 0.2) is 5.65 Å². The number of hydrogen-bond acceptors (Lipinski definition) is 4. The van der Waals surface area contributed by atoms with E-state index in [9.17, 15) is 14.3 Å². The van der Waals surface area contributed by atoms with Crippen LogP contribution in [0, 0.1) is 5.82 Å². The number of benzene rings is 1. The van der Waals surface area contributed by atoms with Gasteiger partial charge in [-0.2, -0.15) is 0 Å². The molecule has 0 spiro atoms. The second kappa shape index (κ2) is 5.76. The van der Waals surface area contributed by atoms with Crippen LogP contribution in [0.1, 0.15) is 16.1 Å². The zero-order chi connectivity index (χ0) is 15.7. The Hall–Kier alpha value is -2.41. The molecule has 0 saturated heterocycles. The second-order valence-corrected chi connectivity index (χ2v) is 5.50. The Morgan fingerprint density at radius 2 is 2.09 bits per heavy atom. The SMILES string of the molecule is CSc1cnc2c(cc(C(=O)O)n2Cc2ccc(F)cc2)n1. The number of aromatic carboxylic acids is 1. The molecule has 0 bridgehead atoms. The summed E-state index contributed by atoms with van der Waals surface area (Å²) in [4.78, 5) is 20.1. The van der Waals surface area contributed by atoms with Crippen LogP contribution in [0.15, 0.2) is 41.6 Å². The van der Waals surface area contributed by atoms with Crippen LogP contribution >= 0.6 is 11.8 Å². The molecular formula is C15H12FN3O2S. The molecule has 0 fully saturated rings. The molecule has 0 saturated carbocycles. The molecule has 112 valence electrons. The van der Waals surface area contributed by atoms with Crippen LogP contribution in [0.5, 0.6) is 0 Å². The molecule has 0 aliphatic heterocycles. The number of aromatic nitrogens is 3. The van der Waals surface area contributed by atoms with Crippen LogP contribution in [0.3, 0.4) is 0 Å². The Labute approximate surface area is 129 Å². The summed E-state index contributed by atoms with van der Waals surface area (Å²) >= 11 is 1.44. The maximum absolute atomic E-state index is 13.0. The summed E-state index contributed by atoms with van der Waals surface area (Å²) < 4.78 is 14.6. The van der Waals surface area contributed by atoms with Gasteiger partial charge in [-0.15, -0.1) is 11.8 Å². The van der Waals surface area contributed by atoms with Gasteiger partial charge >= 0.3 is 5.97 Å². The molecular weight excluding hydrogens is 305 g/mol. The number of carboxylic acid groups (broad SMARTS) is 1. The number of hydrogen-bond donors (Lipinski definition) is 1. The van der Waals surface area contributed by atoms with E-state index in [0.717, 1.165) is 10.6 Å². The maximum atomic E-state index is 13.0. The van der Waals surface area contributed by atoms with Gasteiger partial charge in [-0.1, -0.05) is 12.1 Å². The minimum Gasteiger partial charge on any atom is -0.477 e. The lowest BCUT2D eigenvalue weighted by molar-refractivity contribution is 0.0686. The van der Waals surface area contributed by atoms with Gasteiger partial charge in [0.25, 0.3) is 0 Å². The van der Waals surface area contributed by atoms with Crippen molar-refractivity contribution in [2.45, 2.75) is 11.6 Å². The molecule has 2 aromatic heterocycles. The molecule has 0 aliphatic rings. The average molecular weight is 317 g/mol. The zero-order valence-electron chi connectivity index (χ0n) is 11.7. The van der Waals surface area contributed by atoms with E-state index in [2.05, 4.69) is 9.97 Å². The Bertz CT molecular complexity index is 846. The van der Waals surface area contributed by atoms with E-state index in [1.807, 2.05) is 6.26 Å². The van der Waals surface area contributed by atoms with Crippen molar-refractivity contribution >= 4 is 28.9 Å². The summed E-state index contributed by atoms with van der Waals surface area (Å²) in [6.07, 6.45) is 3.49. The van der Waals surface area contributed by atoms with E-state index in [1.54, 1.807) is 22.9 Å². The fraction of sp³-hybridized carbons (Fsp3) is 0.133. The van der Waals surface area contributed by atoms with Crippen LogP contribution in [0.2, 0.25) is 0 Å². The molecule has 0 amide bonds. The lowest BCUT2D eigenvalue weighted by Gasteiger charge is -2.08. The van der Waals surface area contributed by atoms with Crippen LogP contribution in [-0.4, -0.2) is 31.9 Å². The van der Waals surface area contributed by atoms with Crippen molar-refractivity contribution in [2.24, 2.45) is 0 Å². The van der Waals surface area contributed by atoms with Crippen molar-refractivity contribution in [3.8, 4) is 0 Å². The van der Waals surface area contributed by atoms with Gasteiger partial charge in [-0.05, 0) is 30.0 Å². The Kier molecular flexibility index (Phi) is 3.81. The topological polar surface area (TPSA) is 68.0 Å². The normalized spacial score (nSPS) is 11.0. The lowest BCUT2D eigenvalue weighted by Crippen LogP contribution is -2.10. The predicted molar refractivity (Wildman–Crippen MR) is 81.8 cm³/mol. The predicted octanol–water partition coefficient (Wildman–Crippen LogP) is 3.04. The van der Waals surface area contributed by atoms with Gasteiger partial charge in [-0.3, -0.25) is 0 Å². The van der Waals surface area contributed by atoms with Crippen molar-refractivity contribution in [3.63, 3.8) is 0 Å². The molecule has 3 aromatic rings. The molecule has 2 heterocycles. The van der Waals surface area contributed by atoms with Crippen LogP contribution in [-0.2, 0) is 6.54 Å². The molecule has 22 heavy (non-hydrogen) atoms. The summed E-state index contributed by atoms with van der Waals surface area (Å²) in [5.41, 5.74) is 1.93. The highest BCUT2D eigenvalue weighted by molar-refractivity contribution is 7.98. The number of carboxylic acids is 1. The highest BCUT2D eigenvalue weighted by Gasteiger charge is 2.17. The van der Waals surface area contributed by atoms with Crippen molar-refractivity contribution in [3.05, 3.63) is 53.6 Å². The Balaban J connectivity index is 2.11. The lowest BCUT2D eigenvalue weighted by atomic mass is 10.2. The summed E-state index contributed by atoms with van der Waals surface area (Å²) in [5, 5.41) is 10.1. The number of fused-ring (bicyclic) bond motifs is 1. The van der Waals surface area contributed by atoms with Crippen LogP contribution in [0.4, 0.5) is 4.39 Å². The summed E-state index contributed by atoms with van der Waals surface area (Å²) in [6, 6.07) is 7.44. The van der Waals surface area contributed by atoms with Gasteiger partial charge in [0.2, 0.25) is 0 Å². The third-order valence-corrected chi connectivity index (χ3v) is 3.87. The molecule has 3 rings (SSSR count). The fourth-order valence-corrected chi connectivity index (χ4v) is 2.56. The van der Waals surface area contributed by atoms with E-state index in [1.165, 1.54) is 30.0 Å². The van der Waals surface area contributed by atoms with Gasteiger partial charge in [-0.25, -0.2) is 19.2 Å². The summed E-state index contributed by atoms with van der Waals surface area (Å²) in [6.45, 7) is 0.290. The first-order valence-electron chi connectivity index (χ1n) is 6.46. The van der Waals surface area contributed by atoms with Gasteiger partial charge in [0, 0.05) is 6.54 Å². The van der Waals surface area contributed by atoms with Crippen molar-refractivity contribution in [1.29, 1.82) is 0 Å². The molecule has 0 radical (unpaired) electrons. The summed E-state index contributed by atoms with van der Waals surface area (Å²) in [7, 11) is 0. The Morgan fingerprint density at radius 1 is 1.36 bits per heavy atom. The first kappa shape index (κ1) is 14.5. The molecule has 5 nitrogen and oxygen atoms in total.